The van der Waals surface area contributed by atoms with E-state index in [1.54, 1.807) is 20.0 Å². The Hall–Kier alpha value is -3.75. The second kappa shape index (κ2) is 9.62. The molecule has 2 aromatic heterocycles. The molecule has 0 aliphatic heterocycles. The van der Waals surface area contributed by atoms with E-state index >= 15 is 0 Å². The number of ether oxygens (including phenoxy) is 1. The molecular formula is C19H20F3N7O4S. The van der Waals surface area contributed by atoms with Crippen molar-refractivity contribution in [2.45, 2.75) is 31.1 Å². The van der Waals surface area contributed by atoms with Crippen LogP contribution in [0.1, 0.15) is 36.1 Å². The molecule has 0 fully saturated rings. The minimum absolute atomic E-state index is 0.171. The number of carbonyl (C=O) groups excluding carboxylic acids is 1. The quantitative estimate of drug-likeness (QED) is 0.477. The standard InChI is InChI=1S/C19H20F3N7O4S/c1-4-34(31,32)14-9-12(8-13(10-14)33-19(20,21)22)16(30)26-11(2)15-27-17(23-3)28-29(15)18-24-6-5-7-25-18/h5-11H,4H2,1-3H3,(H,23,28)(H,26,30)/t11-/m0/s1. The maximum atomic E-state index is 12.9. The number of hydrogen-bond acceptors (Lipinski definition) is 9. The smallest absolute Gasteiger partial charge is 0.406 e. The number of anilines is 1. The highest BCUT2D eigenvalue weighted by molar-refractivity contribution is 7.91. The summed E-state index contributed by atoms with van der Waals surface area (Å²) in [4.78, 5) is 24.9. The largest absolute Gasteiger partial charge is 0.573 e. The van der Waals surface area contributed by atoms with Crippen molar-refractivity contribution in [1.82, 2.24) is 30.0 Å². The van der Waals surface area contributed by atoms with Crippen LogP contribution in [0.25, 0.3) is 5.95 Å². The fourth-order valence-electron chi connectivity index (χ4n) is 2.84. The molecule has 0 saturated carbocycles. The van der Waals surface area contributed by atoms with Crippen molar-refractivity contribution in [3.63, 3.8) is 0 Å². The molecule has 2 N–H and O–H groups in total. The molecule has 1 atom stereocenters. The number of carbonyl (C=O) groups is 1. The highest BCUT2D eigenvalue weighted by Crippen LogP contribution is 2.28. The lowest BCUT2D eigenvalue weighted by atomic mass is 10.2. The van der Waals surface area contributed by atoms with Crippen LogP contribution in [-0.4, -0.2) is 58.2 Å². The van der Waals surface area contributed by atoms with Crippen LogP contribution in [0, 0.1) is 0 Å². The first kappa shape index (κ1) is 24.9. The summed E-state index contributed by atoms with van der Waals surface area (Å²) < 4.78 is 67.9. The zero-order chi connectivity index (χ0) is 25.1. The number of nitrogens with zero attached hydrogens (tertiary/aromatic N) is 5. The van der Waals surface area contributed by atoms with Crippen molar-refractivity contribution < 1.29 is 31.1 Å². The summed E-state index contributed by atoms with van der Waals surface area (Å²) in [5.74, 6) is -1.48. The van der Waals surface area contributed by atoms with E-state index in [-0.39, 0.29) is 29.0 Å². The summed E-state index contributed by atoms with van der Waals surface area (Å²) in [5.41, 5.74) is -0.350. The van der Waals surface area contributed by atoms with Gasteiger partial charge in [-0.05, 0) is 31.2 Å². The fourth-order valence-corrected chi connectivity index (χ4v) is 3.78. The van der Waals surface area contributed by atoms with E-state index in [0.29, 0.717) is 0 Å². The zero-order valence-electron chi connectivity index (χ0n) is 18.2. The van der Waals surface area contributed by atoms with Crippen molar-refractivity contribution >= 4 is 21.7 Å². The number of nitrogens with one attached hydrogen (secondary N) is 2. The lowest BCUT2D eigenvalue weighted by Crippen LogP contribution is -2.29. The van der Waals surface area contributed by atoms with E-state index in [4.69, 9.17) is 0 Å². The van der Waals surface area contributed by atoms with E-state index in [2.05, 4.69) is 35.4 Å². The van der Waals surface area contributed by atoms with Crippen molar-refractivity contribution in [3.05, 3.63) is 48.0 Å². The Morgan fingerprint density at radius 1 is 1.21 bits per heavy atom. The van der Waals surface area contributed by atoms with Crippen molar-refractivity contribution in [2.24, 2.45) is 0 Å². The van der Waals surface area contributed by atoms with Crippen LogP contribution in [0.15, 0.2) is 41.6 Å². The van der Waals surface area contributed by atoms with Gasteiger partial charge in [-0.2, -0.15) is 9.67 Å². The third-order valence-corrected chi connectivity index (χ3v) is 6.16. The first-order valence-electron chi connectivity index (χ1n) is 9.80. The molecule has 2 heterocycles. The van der Waals surface area contributed by atoms with Crippen LogP contribution in [0.4, 0.5) is 19.1 Å². The molecule has 1 aromatic carbocycles. The normalized spacial score (nSPS) is 12.8. The molecule has 34 heavy (non-hydrogen) atoms. The Kier molecular flexibility index (Phi) is 7.04. The van der Waals surface area contributed by atoms with Gasteiger partial charge in [-0.1, -0.05) is 6.92 Å². The number of rotatable bonds is 8. The molecule has 11 nitrogen and oxygen atoms in total. The number of aromatic nitrogens is 5. The van der Waals surface area contributed by atoms with Crippen LogP contribution in [0.5, 0.6) is 5.75 Å². The second-order valence-corrected chi connectivity index (χ2v) is 9.12. The molecule has 15 heteroatoms. The molecule has 182 valence electrons. The number of hydrogen-bond donors (Lipinski definition) is 2. The van der Waals surface area contributed by atoms with Crippen molar-refractivity contribution in [1.29, 1.82) is 0 Å². The van der Waals surface area contributed by atoms with Crippen LogP contribution in [0.2, 0.25) is 0 Å². The van der Waals surface area contributed by atoms with E-state index in [1.165, 1.54) is 24.0 Å². The van der Waals surface area contributed by atoms with Crippen LogP contribution in [-0.2, 0) is 9.84 Å². The summed E-state index contributed by atoms with van der Waals surface area (Å²) in [6.07, 6.45) is -2.11. The summed E-state index contributed by atoms with van der Waals surface area (Å²) in [6.45, 7) is 2.88. The minimum Gasteiger partial charge on any atom is -0.406 e. The van der Waals surface area contributed by atoms with Crippen LogP contribution in [0.3, 0.4) is 0 Å². The number of sulfone groups is 1. The Morgan fingerprint density at radius 2 is 1.88 bits per heavy atom. The van der Waals surface area contributed by atoms with E-state index in [9.17, 15) is 26.4 Å². The molecule has 0 aliphatic rings. The minimum atomic E-state index is -5.08. The molecule has 0 unspecified atom stereocenters. The third-order valence-electron chi connectivity index (χ3n) is 4.45. The zero-order valence-corrected chi connectivity index (χ0v) is 19.0. The van der Waals surface area contributed by atoms with Gasteiger partial charge in [0, 0.05) is 25.0 Å². The second-order valence-electron chi connectivity index (χ2n) is 6.84. The monoisotopic (exact) mass is 499 g/mol. The van der Waals surface area contributed by atoms with Gasteiger partial charge in [0.15, 0.2) is 15.7 Å². The average molecular weight is 499 g/mol. The number of amides is 1. The molecule has 0 spiro atoms. The van der Waals surface area contributed by atoms with E-state index in [1.807, 2.05) is 0 Å². The Bertz CT molecular complexity index is 1280. The molecule has 0 bridgehead atoms. The van der Waals surface area contributed by atoms with Gasteiger partial charge >= 0.3 is 6.36 Å². The summed E-state index contributed by atoms with van der Waals surface area (Å²) >= 11 is 0. The van der Waals surface area contributed by atoms with E-state index < -0.39 is 38.8 Å². The predicted octanol–water partition coefficient (Wildman–Crippen LogP) is 2.28. The lowest BCUT2D eigenvalue weighted by molar-refractivity contribution is -0.274. The molecular weight excluding hydrogens is 479 g/mol. The molecule has 1 amide bonds. The first-order chi connectivity index (χ1) is 15.9. The summed E-state index contributed by atoms with van der Waals surface area (Å²) in [6, 6.07) is 3.27. The topological polar surface area (TPSA) is 141 Å². The SMILES string of the molecule is CCS(=O)(=O)c1cc(OC(F)(F)F)cc(C(=O)N[C@@H](C)c2nc(NC)nn2-c2ncccn2)c1. The Balaban J connectivity index is 1.96. The van der Waals surface area contributed by atoms with Crippen LogP contribution < -0.4 is 15.4 Å². The van der Waals surface area contributed by atoms with Gasteiger partial charge in [0.05, 0.1) is 16.7 Å². The van der Waals surface area contributed by atoms with Gasteiger partial charge in [-0.15, -0.1) is 18.3 Å². The summed E-state index contributed by atoms with van der Waals surface area (Å²) in [5, 5.41) is 9.53. The molecule has 0 radical (unpaired) electrons. The first-order valence-corrected chi connectivity index (χ1v) is 11.4. The highest BCUT2D eigenvalue weighted by Gasteiger charge is 2.32. The lowest BCUT2D eigenvalue weighted by Gasteiger charge is -2.16. The fraction of sp³-hybridized carbons (Fsp3) is 0.316. The molecule has 0 aliphatic carbocycles. The van der Waals surface area contributed by atoms with Gasteiger partial charge in [-0.25, -0.2) is 18.4 Å². The number of alkyl halides is 3. The highest BCUT2D eigenvalue weighted by atomic mass is 32.2. The predicted molar refractivity (Wildman–Crippen MR) is 113 cm³/mol. The van der Waals surface area contributed by atoms with Crippen molar-refractivity contribution in [3.8, 4) is 11.7 Å². The Morgan fingerprint density at radius 3 is 2.47 bits per heavy atom. The van der Waals surface area contributed by atoms with Gasteiger partial charge in [0.2, 0.25) is 5.95 Å². The van der Waals surface area contributed by atoms with Gasteiger partial charge in [-0.3, -0.25) is 4.79 Å². The third kappa shape index (κ3) is 5.78. The van der Waals surface area contributed by atoms with Crippen LogP contribution >= 0.6 is 0 Å². The Labute approximate surface area is 192 Å². The van der Waals surface area contributed by atoms with E-state index in [0.717, 1.165) is 18.2 Å². The average Bonchev–Trinajstić information content (AvgIpc) is 3.23. The van der Waals surface area contributed by atoms with Gasteiger partial charge < -0.3 is 15.4 Å². The van der Waals surface area contributed by atoms with Gasteiger partial charge in [0.1, 0.15) is 5.75 Å². The number of benzene rings is 1. The summed E-state index contributed by atoms with van der Waals surface area (Å²) in [7, 11) is -2.35. The maximum absolute atomic E-state index is 12.9. The molecule has 3 rings (SSSR count). The molecule has 0 saturated heterocycles. The maximum Gasteiger partial charge on any atom is 0.573 e. The molecule has 3 aromatic rings. The van der Waals surface area contributed by atoms with Crippen molar-refractivity contribution in [2.75, 3.05) is 18.1 Å². The number of halogens is 3. The van der Waals surface area contributed by atoms with Gasteiger partial charge in [0.25, 0.3) is 11.9 Å².